The first-order valence-electron chi connectivity index (χ1n) is 13.0. The second-order valence-corrected chi connectivity index (χ2v) is 9.56. The van der Waals surface area contributed by atoms with Gasteiger partial charge in [0.15, 0.2) is 0 Å². The minimum Gasteiger partial charge on any atom is -0.385 e. The highest BCUT2D eigenvalue weighted by molar-refractivity contribution is 5.90. The summed E-state index contributed by atoms with van der Waals surface area (Å²) in [5.74, 6) is 0.671. The van der Waals surface area contributed by atoms with E-state index in [0.717, 1.165) is 54.9 Å². The third-order valence-corrected chi connectivity index (χ3v) is 7.03. The molecule has 0 aliphatic carbocycles. The molecule has 2 amide bonds. The van der Waals surface area contributed by atoms with Crippen LogP contribution in [0.2, 0.25) is 0 Å². The molecule has 1 aromatic heterocycles. The summed E-state index contributed by atoms with van der Waals surface area (Å²) in [6.45, 7) is 4.38. The lowest BCUT2D eigenvalue weighted by atomic mass is 10.0. The van der Waals surface area contributed by atoms with Crippen molar-refractivity contribution in [2.24, 2.45) is 0 Å². The van der Waals surface area contributed by atoms with Gasteiger partial charge in [0.25, 0.3) is 0 Å². The number of nitrogens with zero attached hydrogens (tertiary/aromatic N) is 2. The average molecular weight is 502 g/mol. The van der Waals surface area contributed by atoms with E-state index in [0.29, 0.717) is 12.4 Å². The third-order valence-electron chi connectivity index (χ3n) is 7.03. The van der Waals surface area contributed by atoms with Crippen molar-refractivity contribution in [2.45, 2.75) is 44.4 Å². The molecule has 3 aromatic rings. The molecule has 8 heteroatoms. The Morgan fingerprint density at radius 2 is 1.92 bits per heavy atom. The molecule has 2 aliphatic rings. The third kappa shape index (κ3) is 5.77. The number of para-hydroxylation sites is 1. The number of amides is 2. The van der Waals surface area contributed by atoms with Crippen molar-refractivity contribution < 1.29 is 14.3 Å². The average Bonchev–Trinajstić information content (AvgIpc) is 3.49. The van der Waals surface area contributed by atoms with E-state index in [9.17, 15) is 4.79 Å². The molecule has 5 rings (SSSR count). The van der Waals surface area contributed by atoms with E-state index in [1.807, 2.05) is 72.3 Å². The Morgan fingerprint density at radius 1 is 1.16 bits per heavy atom. The summed E-state index contributed by atoms with van der Waals surface area (Å²) < 4.78 is 13.5. The lowest BCUT2D eigenvalue weighted by Gasteiger charge is -2.21. The highest BCUT2D eigenvalue weighted by Gasteiger charge is 2.37. The summed E-state index contributed by atoms with van der Waals surface area (Å²) in [7, 11) is 1.69. The highest BCUT2D eigenvalue weighted by atomic mass is 16.5. The summed E-state index contributed by atoms with van der Waals surface area (Å²) in [6, 6.07) is 19.5. The molecule has 1 fully saturated rings. The summed E-state index contributed by atoms with van der Waals surface area (Å²) in [5.41, 5.74) is 5.02. The maximum Gasteiger partial charge on any atom is 0.320 e. The largest absolute Gasteiger partial charge is 0.385 e. The zero-order chi connectivity index (χ0) is 25.6. The van der Waals surface area contributed by atoms with Crippen LogP contribution in [-0.4, -0.2) is 54.8 Å². The van der Waals surface area contributed by atoms with Gasteiger partial charge in [-0.2, -0.15) is 5.10 Å². The number of anilines is 1. The van der Waals surface area contributed by atoms with E-state index in [1.54, 1.807) is 7.11 Å². The van der Waals surface area contributed by atoms with Crippen molar-refractivity contribution in [2.75, 3.05) is 32.1 Å². The number of hydrogen-bond acceptors (Lipinski definition) is 5. The number of aromatic nitrogens is 2. The van der Waals surface area contributed by atoms with Gasteiger partial charge in [-0.05, 0) is 56.0 Å². The van der Waals surface area contributed by atoms with E-state index in [4.69, 9.17) is 14.6 Å². The molecular weight excluding hydrogens is 466 g/mol. The van der Waals surface area contributed by atoms with E-state index in [2.05, 4.69) is 22.0 Å². The molecule has 1 saturated heterocycles. The number of methoxy groups -OCH3 is 1. The summed E-state index contributed by atoms with van der Waals surface area (Å²) >= 11 is 0. The van der Waals surface area contributed by atoms with Crippen LogP contribution in [0.1, 0.15) is 42.2 Å². The summed E-state index contributed by atoms with van der Waals surface area (Å²) in [6.07, 6.45) is 4.39. The molecule has 3 heterocycles. The van der Waals surface area contributed by atoms with Gasteiger partial charge in [-0.25, -0.2) is 9.48 Å². The molecule has 2 aliphatic heterocycles. The van der Waals surface area contributed by atoms with E-state index >= 15 is 0 Å². The minimum atomic E-state index is -0.270. The van der Waals surface area contributed by atoms with Gasteiger partial charge in [-0.1, -0.05) is 54.6 Å². The van der Waals surface area contributed by atoms with Crippen molar-refractivity contribution in [3.63, 3.8) is 0 Å². The quantitative estimate of drug-likeness (QED) is 0.419. The molecule has 1 unspecified atom stereocenters. The Kier molecular flexibility index (Phi) is 7.99. The maximum atomic E-state index is 13.4. The van der Waals surface area contributed by atoms with E-state index < -0.39 is 0 Å². The predicted molar refractivity (Wildman–Crippen MR) is 145 cm³/mol. The number of rotatable bonds is 8. The number of hydrogen-bond donors (Lipinski definition) is 3. The summed E-state index contributed by atoms with van der Waals surface area (Å²) in [5, 5.41) is 14.6. The van der Waals surface area contributed by atoms with Crippen LogP contribution in [0.15, 0.2) is 66.7 Å². The molecular formula is C29H35N5O3. The van der Waals surface area contributed by atoms with Crippen molar-refractivity contribution in [1.29, 1.82) is 0 Å². The minimum absolute atomic E-state index is 0.0190. The number of nitrogens with one attached hydrogen (secondary N) is 3. The first-order valence-corrected chi connectivity index (χ1v) is 13.0. The van der Waals surface area contributed by atoms with Gasteiger partial charge < -0.3 is 20.1 Å². The molecule has 2 aromatic carbocycles. The highest BCUT2D eigenvalue weighted by Crippen LogP contribution is 2.35. The molecule has 0 spiro atoms. The van der Waals surface area contributed by atoms with E-state index in [1.165, 1.54) is 5.57 Å². The number of carbonyl (C=O) groups is 1. The van der Waals surface area contributed by atoms with Gasteiger partial charge >= 0.3 is 6.03 Å². The molecule has 3 atom stereocenters. The Hall–Kier alpha value is -3.46. The topological polar surface area (TPSA) is 89.4 Å². The Morgan fingerprint density at radius 3 is 2.62 bits per heavy atom. The second kappa shape index (κ2) is 11.7. The Balaban J connectivity index is 1.39. The van der Waals surface area contributed by atoms with E-state index in [-0.39, 0.29) is 24.3 Å². The van der Waals surface area contributed by atoms with Crippen LogP contribution in [0.4, 0.5) is 10.6 Å². The monoisotopic (exact) mass is 501 g/mol. The summed E-state index contributed by atoms with van der Waals surface area (Å²) in [4.78, 5) is 13.4. The zero-order valence-corrected chi connectivity index (χ0v) is 21.4. The fourth-order valence-corrected chi connectivity index (χ4v) is 5.14. The van der Waals surface area contributed by atoms with Crippen LogP contribution in [-0.2, 0) is 9.47 Å². The van der Waals surface area contributed by atoms with Gasteiger partial charge in [-0.3, -0.25) is 5.32 Å². The smallest absolute Gasteiger partial charge is 0.320 e. The number of benzene rings is 2. The molecule has 8 nitrogen and oxygen atoms in total. The van der Waals surface area contributed by atoms with Gasteiger partial charge in [0.2, 0.25) is 0 Å². The number of carbonyl (C=O) groups excluding carboxylic acids is 1. The maximum absolute atomic E-state index is 13.4. The molecule has 0 saturated carbocycles. The van der Waals surface area contributed by atoms with Crippen molar-refractivity contribution in [3.8, 4) is 5.69 Å². The van der Waals surface area contributed by atoms with Gasteiger partial charge in [0, 0.05) is 25.8 Å². The van der Waals surface area contributed by atoms with Crippen LogP contribution in [0.25, 0.3) is 11.3 Å². The van der Waals surface area contributed by atoms with Crippen LogP contribution in [0.3, 0.4) is 0 Å². The predicted octanol–water partition coefficient (Wildman–Crippen LogP) is 4.61. The second-order valence-electron chi connectivity index (χ2n) is 9.56. The number of ether oxygens (including phenoxy) is 2. The van der Waals surface area contributed by atoms with Crippen LogP contribution < -0.4 is 16.0 Å². The first kappa shape index (κ1) is 25.2. The van der Waals surface area contributed by atoms with Crippen molar-refractivity contribution in [3.05, 3.63) is 83.6 Å². The molecule has 194 valence electrons. The Labute approximate surface area is 218 Å². The van der Waals surface area contributed by atoms with Crippen molar-refractivity contribution >= 4 is 17.4 Å². The fraction of sp³-hybridized carbons (Fsp3) is 0.379. The normalized spacial score (nSPS) is 21.5. The first-order chi connectivity index (χ1) is 18.1. The zero-order valence-electron chi connectivity index (χ0n) is 21.4. The van der Waals surface area contributed by atoms with Gasteiger partial charge in [0.1, 0.15) is 11.9 Å². The molecule has 0 bridgehead atoms. The fourth-order valence-electron chi connectivity index (χ4n) is 5.14. The number of urea groups is 1. The van der Waals surface area contributed by atoms with Gasteiger partial charge in [-0.15, -0.1) is 0 Å². The molecule has 37 heavy (non-hydrogen) atoms. The van der Waals surface area contributed by atoms with Crippen LogP contribution in [0.5, 0.6) is 0 Å². The lowest BCUT2D eigenvalue weighted by Crippen LogP contribution is -2.40. The van der Waals surface area contributed by atoms with Crippen LogP contribution in [0, 0.1) is 6.92 Å². The van der Waals surface area contributed by atoms with Gasteiger partial charge in [0.05, 0.1) is 23.5 Å². The standard InChI is InChI=1S/C29H35N5O3/c1-20-26(21-13-16-30-17-14-21)33-34(23-11-7-4-8-12-23)28(20)32-29(35)31-25-19-24(15-18-36-2)37-27(25)22-9-5-3-6-10-22/h3-13,24-25,27,30H,14-19H2,1-2H3,(H2,31,32,35)/t24?,25-,27+/m1/s1. The lowest BCUT2D eigenvalue weighted by molar-refractivity contribution is 0.0212. The van der Waals surface area contributed by atoms with Crippen molar-refractivity contribution in [1.82, 2.24) is 20.4 Å². The van der Waals surface area contributed by atoms with Crippen LogP contribution >= 0.6 is 0 Å². The Bertz CT molecular complexity index is 1230. The SMILES string of the molecule is COCCC1C[C@@H](NC(=O)Nc2c(C)c(C3=CCNCC3)nn2-c2ccccc2)[C@H](c2ccccc2)O1. The molecule has 3 N–H and O–H groups in total. The molecule has 0 radical (unpaired) electrons.